The fraction of sp³-hybridized carbons (Fsp3) is 0.300. The standard InChI is InChI=1S/C10H7F3O4S/c11-10(12,13)18(15,16)17-9-3-1-2-6-7(9)4-5-8(6)14/h1-3H,4-5H2. The third-order valence-electron chi connectivity index (χ3n) is 2.52. The molecule has 0 saturated carbocycles. The van der Waals surface area contributed by atoms with Crippen LogP contribution < -0.4 is 4.18 Å². The van der Waals surface area contributed by atoms with Crippen molar-refractivity contribution in [3.63, 3.8) is 0 Å². The van der Waals surface area contributed by atoms with Crippen LogP contribution in [0.1, 0.15) is 22.3 Å². The fourth-order valence-corrected chi connectivity index (χ4v) is 2.19. The zero-order valence-electron chi connectivity index (χ0n) is 8.82. The van der Waals surface area contributed by atoms with E-state index in [2.05, 4.69) is 4.18 Å². The van der Waals surface area contributed by atoms with Crippen LogP contribution in [-0.4, -0.2) is 19.7 Å². The second-order valence-electron chi connectivity index (χ2n) is 3.69. The van der Waals surface area contributed by atoms with E-state index < -0.39 is 21.4 Å². The molecule has 0 spiro atoms. The number of fused-ring (bicyclic) bond motifs is 1. The van der Waals surface area contributed by atoms with Gasteiger partial charge in [0.25, 0.3) is 0 Å². The van der Waals surface area contributed by atoms with Gasteiger partial charge in [-0.1, -0.05) is 12.1 Å². The predicted octanol–water partition coefficient (Wildman–Crippen LogP) is 2.04. The summed E-state index contributed by atoms with van der Waals surface area (Å²) in [7, 11) is -5.70. The highest BCUT2D eigenvalue weighted by molar-refractivity contribution is 7.88. The molecule has 1 aliphatic carbocycles. The lowest BCUT2D eigenvalue weighted by atomic mass is 10.1. The number of hydrogen-bond acceptors (Lipinski definition) is 4. The molecule has 0 saturated heterocycles. The molecule has 2 rings (SSSR count). The summed E-state index contributed by atoms with van der Waals surface area (Å²) < 4.78 is 62.3. The highest BCUT2D eigenvalue weighted by Crippen LogP contribution is 2.34. The van der Waals surface area contributed by atoms with Gasteiger partial charge in [-0.05, 0) is 12.5 Å². The molecule has 4 nitrogen and oxygen atoms in total. The number of alkyl halides is 3. The number of benzene rings is 1. The highest BCUT2D eigenvalue weighted by Gasteiger charge is 2.49. The van der Waals surface area contributed by atoms with E-state index in [0.717, 1.165) is 6.07 Å². The van der Waals surface area contributed by atoms with Crippen LogP contribution in [0.3, 0.4) is 0 Å². The van der Waals surface area contributed by atoms with Crippen molar-refractivity contribution in [2.45, 2.75) is 18.3 Å². The molecule has 0 amide bonds. The first-order valence-corrected chi connectivity index (χ1v) is 6.29. The summed E-state index contributed by atoms with van der Waals surface area (Å²) in [5.74, 6) is -0.671. The van der Waals surface area contributed by atoms with E-state index in [-0.39, 0.29) is 29.8 Å². The Hall–Kier alpha value is -1.57. The number of Topliss-reactive ketones (excluding diaryl/α,β-unsaturated/α-hetero) is 1. The van der Waals surface area contributed by atoms with Crippen molar-refractivity contribution in [2.24, 2.45) is 0 Å². The van der Waals surface area contributed by atoms with Crippen molar-refractivity contribution in [3.05, 3.63) is 29.3 Å². The number of carbonyl (C=O) groups excluding carboxylic acids is 1. The summed E-state index contributed by atoms with van der Waals surface area (Å²) in [5.41, 5.74) is -5.07. The quantitative estimate of drug-likeness (QED) is 0.614. The molecule has 1 aromatic rings. The molecular weight excluding hydrogens is 273 g/mol. The third-order valence-corrected chi connectivity index (χ3v) is 3.48. The van der Waals surface area contributed by atoms with E-state index in [1.165, 1.54) is 12.1 Å². The molecule has 0 atom stereocenters. The van der Waals surface area contributed by atoms with E-state index in [1.54, 1.807) is 0 Å². The lowest BCUT2D eigenvalue weighted by molar-refractivity contribution is -0.0500. The van der Waals surface area contributed by atoms with E-state index in [4.69, 9.17) is 0 Å². The van der Waals surface area contributed by atoms with Crippen molar-refractivity contribution < 1.29 is 30.6 Å². The van der Waals surface area contributed by atoms with Crippen LogP contribution in [0.15, 0.2) is 18.2 Å². The predicted molar refractivity (Wildman–Crippen MR) is 54.7 cm³/mol. The lowest BCUT2D eigenvalue weighted by Gasteiger charge is -2.11. The van der Waals surface area contributed by atoms with E-state index in [0.29, 0.717) is 0 Å². The molecule has 0 fully saturated rings. The normalized spacial score (nSPS) is 15.6. The minimum atomic E-state index is -5.70. The smallest absolute Gasteiger partial charge is 0.376 e. The average Bonchev–Trinajstić information content (AvgIpc) is 2.60. The molecule has 0 aromatic heterocycles. The highest BCUT2D eigenvalue weighted by atomic mass is 32.2. The van der Waals surface area contributed by atoms with E-state index in [1.807, 2.05) is 0 Å². The molecular formula is C10H7F3O4S. The van der Waals surface area contributed by atoms with E-state index in [9.17, 15) is 26.4 Å². The van der Waals surface area contributed by atoms with Crippen molar-refractivity contribution in [1.29, 1.82) is 0 Å². The lowest BCUT2D eigenvalue weighted by Crippen LogP contribution is -2.28. The molecule has 0 N–H and O–H groups in total. The Morgan fingerprint density at radius 1 is 1.17 bits per heavy atom. The van der Waals surface area contributed by atoms with Gasteiger partial charge < -0.3 is 4.18 Å². The SMILES string of the molecule is O=C1CCc2c(OS(=O)(=O)C(F)(F)F)cccc21. The zero-order valence-corrected chi connectivity index (χ0v) is 9.64. The molecule has 0 aliphatic heterocycles. The second-order valence-corrected chi connectivity index (χ2v) is 5.23. The third kappa shape index (κ3) is 2.07. The summed E-state index contributed by atoms with van der Waals surface area (Å²) in [5, 5.41) is 0. The van der Waals surface area contributed by atoms with Gasteiger partial charge in [0, 0.05) is 17.5 Å². The first-order chi connectivity index (χ1) is 8.22. The summed E-state index contributed by atoms with van der Waals surface area (Å²) in [6, 6.07) is 3.81. The number of carbonyl (C=O) groups is 1. The van der Waals surface area contributed by atoms with Crippen molar-refractivity contribution >= 4 is 15.9 Å². The Balaban J connectivity index is 2.41. The van der Waals surface area contributed by atoms with Crippen LogP contribution >= 0.6 is 0 Å². The van der Waals surface area contributed by atoms with Crippen LogP contribution in [0.5, 0.6) is 5.75 Å². The zero-order chi connectivity index (χ0) is 13.6. The average molecular weight is 280 g/mol. The van der Waals surface area contributed by atoms with Gasteiger partial charge in [-0.25, -0.2) is 0 Å². The van der Waals surface area contributed by atoms with Gasteiger partial charge in [0.05, 0.1) is 0 Å². The van der Waals surface area contributed by atoms with Crippen molar-refractivity contribution in [2.75, 3.05) is 0 Å². The van der Waals surface area contributed by atoms with Crippen LogP contribution in [0.4, 0.5) is 13.2 Å². The summed E-state index contributed by atoms with van der Waals surface area (Å²) in [4.78, 5) is 11.4. The topological polar surface area (TPSA) is 60.4 Å². The molecule has 98 valence electrons. The van der Waals surface area contributed by atoms with E-state index >= 15 is 0 Å². The Morgan fingerprint density at radius 3 is 2.44 bits per heavy atom. The molecule has 0 heterocycles. The Labute approximate surface area is 100 Å². The van der Waals surface area contributed by atoms with Crippen LogP contribution in [0.25, 0.3) is 0 Å². The largest absolute Gasteiger partial charge is 0.534 e. The summed E-state index contributed by atoms with van der Waals surface area (Å²) in [6.07, 6.45) is 0.319. The summed E-state index contributed by atoms with van der Waals surface area (Å²) in [6.45, 7) is 0. The van der Waals surface area contributed by atoms with Crippen LogP contribution in [0.2, 0.25) is 0 Å². The maximum absolute atomic E-state index is 12.2. The summed E-state index contributed by atoms with van der Waals surface area (Å²) >= 11 is 0. The van der Waals surface area contributed by atoms with Gasteiger partial charge >= 0.3 is 15.6 Å². The monoisotopic (exact) mass is 280 g/mol. The minimum absolute atomic E-state index is 0.141. The number of hydrogen-bond donors (Lipinski definition) is 0. The number of rotatable bonds is 2. The Kier molecular flexibility index (Phi) is 2.84. The maximum atomic E-state index is 12.2. The molecule has 0 bridgehead atoms. The molecule has 8 heteroatoms. The molecule has 1 aromatic carbocycles. The van der Waals surface area contributed by atoms with Gasteiger partial charge in [0.15, 0.2) is 5.78 Å². The number of ketones is 1. The molecule has 18 heavy (non-hydrogen) atoms. The molecule has 0 unspecified atom stereocenters. The minimum Gasteiger partial charge on any atom is -0.376 e. The van der Waals surface area contributed by atoms with Gasteiger partial charge in [-0.3, -0.25) is 4.79 Å². The van der Waals surface area contributed by atoms with Gasteiger partial charge in [0.2, 0.25) is 0 Å². The molecule has 0 radical (unpaired) electrons. The second kappa shape index (κ2) is 3.98. The first-order valence-electron chi connectivity index (χ1n) is 4.88. The molecule has 1 aliphatic rings. The van der Waals surface area contributed by atoms with Crippen LogP contribution in [0, 0.1) is 0 Å². The van der Waals surface area contributed by atoms with Gasteiger partial charge in [-0.15, -0.1) is 0 Å². The first kappa shape index (κ1) is 12.9. The van der Waals surface area contributed by atoms with Crippen molar-refractivity contribution in [3.8, 4) is 5.75 Å². The van der Waals surface area contributed by atoms with Gasteiger partial charge in [-0.2, -0.15) is 21.6 Å². The fourth-order valence-electron chi connectivity index (χ4n) is 1.70. The maximum Gasteiger partial charge on any atom is 0.534 e. The number of halogens is 3. The van der Waals surface area contributed by atoms with Crippen LogP contribution in [-0.2, 0) is 16.5 Å². The van der Waals surface area contributed by atoms with Crippen molar-refractivity contribution in [1.82, 2.24) is 0 Å². The Morgan fingerprint density at radius 2 is 1.83 bits per heavy atom. The Bertz CT molecular complexity index is 604. The van der Waals surface area contributed by atoms with Gasteiger partial charge in [0.1, 0.15) is 5.75 Å².